The summed E-state index contributed by atoms with van der Waals surface area (Å²) in [6.45, 7) is 6.23. The van der Waals surface area contributed by atoms with Gasteiger partial charge < -0.3 is 4.74 Å². The van der Waals surface area contributed by atoms with Gasteiger partial charge in [-0.25, -0.2) is 0 Å². The van der Waals surface area contributed by atoms with Crippen molar-refractivity contribution in [1.82, 2.24) is 5.32 Å². The molecular weight excluding hydrogens is 164 g/mol. The van der Waals surface area contributed by atoms with Crippen LogP contribution < -0.4 is 5.32 Å². The van der Waals surface area contributed by atoms with Gasteiger partial charge in [-0.15, -0.1) is 0 Å². The Morgan fingerprint density at radius 3 is 2.62 bits per heavy atom. The van der Waals surface area contributed by atoms with Crippen LogP contribution in [0.2, 0.25) is 0 Å². The Bertz CT molecular complexity index is 219. The Hall–Kier alpha value is -0.590. The summed E-state index contributed by atoms with van der Waals surface area (Å²) in [5, 5.41) is 11.9. The molecule has 0 bridgehead atoms. The molecule has 0 saturated heterocycles. The highest BCUT2D eigenvalue weighted by Crippen LogP contribution is 2.42. The van der Waals surface area contributed by atoms with Crippen LogP contribution in [0.1, 0.15) is 27.2 Å². The zero-order valence-electron chi connectivity index (χ0n) is 8.79. The molecule has 3 nitrogen and oxygen atoms in total. The highest BCUT2D eigenvalue weighted by Gasteiger charge is 2.48. The Kier molecular flexibility index (Phi) is 2.94. The first kappa shape index (κ1) is 10.5. The van der Waals surface area contributed by atoms with E-state index in [-0.39, 0.29) is 11.5 Å². The molecule has 13 heavy (non-hydrogen) atoms. The summed E-state index contributed by atoms with van der Waals surface area (Å²) < 4.78 is 5.32. The second kappa shape index (κ2) is 3.65. The third-order valence-corrected chi connectivity index (χ3v) is 3.11. The molecule has 1 N–H and O–H groups in total. The Morgan fingerprint density at radius 2 is 2.23 bits per heavy atom. The van der Waals surface area contributed by atoms with Crippen LogP contribution in [-0.4, -0.2) is 25.3 Å². The highest BCUT2D eigenvalue weighted by atomic mass is 16.5. The molecule has 3 unspecified atom stereocenters. The van der Waals surface area contributed by atoms with Crippen LogP contribution in [-0.2, 0) is 4.74 Å². The van der Waals surface area contributed by atoms with Crippen LogP contribution in [0.5, 0.6) is 0 Å². The minimum atomic E-state index is -0.0675. The molecular formula is C10H18N2O. The fraction of sp³-hybridized carbons (Fsp3) is 0.900. The number of rotatable bonds is 3. The van der Waals surface area contributed by atoms with Crippen molar-refractivity contribution >= 4 is 0 Å². The van der Waals surface area contributed by atoms with Crippen molar-refractivity contribution in [1.29, 1.82) is 5.26 Å². The third-order valence-electron chi connectivity index (χ3n) is 3.11. The van der Waals surface area contributed by atoms with Gasteiger partial charge in [0.15, 0.2) is 0 Å². The zero-order valence-corrected chi connectivity index (χ0v) is 8.79. The van der Waals surface area contributed by atoms with Crippen molar-refractivity contribution in [3.8, 4) is 6.07 Å². The summed E-state index contributed by atoms with van der Waals surface area (Å²) in [5.41, 5.74) is 0.153. The molecule has 0 radical (unpaired) electrons. The van der Waals surface area contributed by atoms with Gasteiger partial charge >= 0.3 is 0 Å². The molecule has 1 aliphatic rings. The van der Waals surface area contributed by atoms with E-state index in [1.54, 1.807) is 7.11 Å². The molecule has 0 aromatic rings. The van der Waals surface area contributed by atoms with Crippen molar-refractivity contribution in [3.05, 3.63) is 0 Å². The van der Waals surface area contributed by atoms with Gasteiger partial charge in [0.2, 0.25) is 0 Å². The predicted molar refractivity (Wildman–Crippen MR) is 51.2 cm³/mol. The van der Waals surface area contributed by atoms with Crippen LogP contribution >= 0.6 is 0 Å². The number of hydrogen-bond donors (Lipinski definition) is 1. The lowest BCUT2D eigenvalue weighted by molar-refractivity contribution is -0.0984. The Balaban J connectivity index is 2.45. The molecule has 3 atom stereocenters. The smallest absolute Gasteiger partial charge is 0.0926 e. The second-order valence-corrected chi connectivity index (χ2v) is 4.35. The zero-order chi connectivity index (χ0) is 10.1. The van der Waals surface area contributed by atoms with Crippen molar-refractivity contribution in [3.63, 3.8) is 0 Å². The van der Waals surface area contributed by atoms with Gasteiger partial charge in [-0.1, -0.05) is 13.8 Å². The lowest BCUT2D eigenvalue weighted by Gasteiger charge is -2.51. The second-order valence-electron chi connectivity index (χ2n) is 4.35. The molecule has 0 spiro atoms. The summed E-state index contributed by atoms with van der Waals surface area (Å²) in [4.78, 5) is 0. The van der Waals surface area contributed by atoms with E-state index in [0.717, 1.165) is 6.42 Å². The molecule has 74 valence electrons. The van der Waals surface area contributed by atoms with E-state index in [4.69, 9.17) is 10.00 Å². The van der Waals surface area contributed by atoms with E-state index in [0.29, 0.717) is 12.1 Å². The third kappa shape index (κ3) is 1.84. The maximum absolute atomic E-state index is 8.65. The van der Waals surface area contributed by atoms with Crippen molar-refractivity contribution < 1.29 is 4.74 Å². The van der Waals surface area contributed by atoms with Crippen LogP contribution in [0.3, 0.4) is 0 Å². The first-order valence-electron chi connectivity index (χ1n) is 4.70. The highest BCUT2D eigenvalue weighted by molar-refractivity contribution is 5.05. The van der Waals surface area contributed by atoms with Crippen molar-refractivity contribution in [2.24, 2.45) is 5.41 Å². The van der Waals surface area contributed by atoms with E-state index in [2.05, 4.69) is 25.2 Å². The topological polar surface area (TPSA) is 45.0 Å². The van der Waals surface area contributed by atoms with Crippen LogP contribution in [0.15, 0.2) is 0 Å². The molecule has 1 rings (SSSR count). The van der Waals surface area contributed by atoms with Gasteiger partial charge in [0.25, 0.3) is 0 Å². The van der Waals surface area contributed by atoms with Crippen molar-refractivity contribution in [2.45, 2.75) is 45.4 Å². The predicted octanol–water partition coefficient (Wildman–Crippen LogP) is 1.30. The molecule has 0 amide bonds. The van der Waals surface area contributed by atoms with E-state index >= 15 is 0 Å². The average molecular weight is 182 g/mol. The quantitative estimate of drug-likeness (QED) is 0.715. The molecule has 0 heterocycles. The SMILES string of the molecule is COC1CC(NC(C)C#N)C1(C)C. The average Bonchev–Trinajstić information content (AvgIpc) is 2.10. The first-order chi connectivity index (χ1) is 6.02. The van der Waals surface area contributed by atoms with Crippen LogP contribution in [0, 0.1) is 16.7 Å². The van der Waals surface area contributed by atoms with E-state index in [1.165, 1.54) is 0 Å². The summed E-state index contributed by atoms with van der Waals surface area (Å²) >= 11 is 0. The van der Waals surface area contributed by atoms with Crippen LogP contribution in [0.25, 0.3) is 0 Å². The summed E-state index contributed by atoms with van der Waals surface area (Å²) in [6.07, 6.45) is 1.34. The molecule has 0 aliphatic heterocycles. The number of nitrogens with one attached hydrogen (secondary N) is 1. The van der Waals surface area contributed by atoms with Gasteiger partial charge in [0, 0.05) is 18.6 Å². The molecule has 1 saturated carbocycles. The first-order valence-corrected chi connectivity index (χ1v) is 4.70. The number of hydrogen-bond acceptors (Lipinski definition) is 3. The summed E-state index contributed by atoms with van der Waals surface area (Å²) in [7, 11) is 1.75. The summed E-state index contributed by atoms with van der Waals surface area (Å²) in [6, 6.07) is 2.52. The van der Waals surface area contributed by atoms with Gasteiger partial charge in [0.05, 0.1) is 18.2 Å². The van der Waals surface area contributed by atoms with Gasteiger partial charge in [-0.05, 0) is 13.3 Å². The molecule has 1 fully saturated rings. The maximum Gasteiger partial charge on any atom is 0.0926 e. The number of ether oxygens (including phenoxy) is 1. The Labute approximate surface area is 80.1 Å². The fourth-order valence-electron chi connectivity index (χ4n) is 1.91. The number of methoxy groups -OCH3 is 1. The lowest BCUT2D eigenvalue weighted by atomic mass is 9.64. The fourth-order valence-corrected chi connectivity index (χ4v) is 1.91. The lowest BCUT2D eigenvalue weighted by Crippen LogP contribution is -2.62. The van der Waals surface area contributed by atoms with Crippen molar-refractivity contribution in [2.75, 3.05) is 7.11 Å². The number of nitrogens with zero attached hydrogens (tertiary/aromatic N) is 1. The summed E-state index contributed by atoms with van der Waals surface area (Å²) in [5.74, 6) is 0. The largest absolute Gasteiger partial charge is 0.381 e. The van der Waals surface area contributed by atoms with Gasteiger partial charge in [0.1, 0.15) is 0 Å². The molecule has 0 aromatic carbocycles. The minimum Gasteiger partial charge on any atom is -0.381 e. The standard InChI is InChI=1S/C10H18N2O/c1-7(6-11)12-8-5-9(13-4)10(8,2)3/h7-9,12H,5H2,1-4H3. The van der Waals surface area contributed by atoms with Gasteiger partial charge in [-0.2, -0.15) is 5.26 Å². The monoisotopic (exact) mass is 182 g/mol. The molecule has 0 aromatic heterocycles. The van der Waals surface area contributed by atoms with E-state index in [9.17, 15) is 0 Å². The normalized spacial score (nSPS) is 33.2. The molecule has 3 heteroatoms. The minimum absolute atomic E-state index is 0.0675. The van der Waals surface area contributed by atoms with Crippen LogP contribution in [0.4, 0.5) is 0 Å². The van der Waals surface area contributed by atoms with E-state index < -0.39 is 0 Å². The van der Waals surface area contributed by atoms with E-state index in [1.807, 2.05) is 6.92 Å². The van der Waals surface area contributed by atoms with Gasteiger partial charge in [-0.3, -0.25) is 5.32 Å². The number of nitriles is 1. The maximum atomic E-state index is 8.65. The Morgan fingerprint density at radius 1 is 1.62 bits per heavy atom. The molecule has 1 aliphatic carbocycles.